The van der Waals surface area contributed by atoms with Crippen molar-refractivity contribution in [3.63, 3.8) is 0 Å². The number of nitrogens with zero attached hydrogens (tertiary/aromatic N) is 2. The molecule has 0 spiro atoms. The lowest BCUT2D eigenvalue weighted by Crippen LogP contribution is -2.14. The molecular formula is C26H20N4O5. The van der Waals surface area contributed by atoms with Crippen molar-refractivity contribution in [3.05, 3.63) is 94.1 Å². The van der Waals surface area contributed by atoms with Gasteiger partial charge in [0.1, 0.15) is 5.76 Å². The topological polar surface area (TPSA) is 133 Å². The number of primary amides is 1. The van der Waals surface area contributed by atoms with Crippen molar-refractivity contribution in [1.29, 1.82) is 0 Å². The molecule has 0 aliphatic heterocycles. The summed E-state index contributed by atoms with van der Waals surface area (Å²) in [6, 6.07) is 19.2. The molecule has 9 heteroatoms. The van der Waals surface area contributed by atoms with Crippen LogP contribution in [0.1, 0.15) is 26.6 Å². The van der Waals surface area contributed by atoms with Gasteiger partial charge in [-0.05, 0) is 53.9 Å². The van der Waals surface area contributed by atoms with Crippen LogP contribution >= 0.6 is 0 Å². The number of hydrogen-bond donors (Lipinski definition) is 2. The van der Waals surface area contributed by atoms with Gasteiger partial charge >= 0.3 is 0 Å². The Morgan fingerprint density at radius 1 is 0.971 bits per heavy atom. The molecule has 3 N–H and O–H groups in total. The summed E-state index contributed by atoms with van der Waals surface area (Å²) in [5, 5.41) is 7.19. The van der Waals surface area contributed by atoms with Crippen LogP contribution in [0.2, 0.25) is 0 Å². The van der Waals surface area contributed by atoms with E-state index in [4.69, 9.17) is 14.8 Å². The molecule has 0 fully saturated rings. The number of carbonyl (C=O) groups excluding carboxylic acids is 2. The third kappa shape index (κ3) is 3.99. The molecule has 5 rings (SSSR count). The van der Waals surface area contributed by atoms with E-state index >= 15 is 0 Å². The molecule has 0 atom stereocenters. The first-order valence-electron chi connectivity index (χ1n) is 10.7. The largest absolute Gasteiger partial charge is 0.381 e. The standard InChI is InChI=1S/C26H20N4O5/c1-14-22(26(33)30(2)35-14)16-8-6-15(7-9-16)17-10-11-21-20(13-17)23(29-34-21)25(32)28-19-5-3-4-18(12-19)24(27)31/h3-13H,1-2H3,(H2,27,31)(H,28,32). The molecule has 0 aliphatic carbocycles. The molecule has 2 heterocycles. The van der Waals surface area contributed by atoms with Crippen molar-refractivity contribution in [1.82, 2.24) is 9.90 Å². The number of fused-ring (bicyclic) bond motifs is 1. The highest BCUT2D eigenvalue weighted by Crippen LogP contribution is 2.29. The fourth-order valence-electron chi connectivity index (χ4n) is 3.98. The SMILES string of the molecule is Cc1on(C)c(=O)c1-c1ccc(-c2ccc3onc(C(=O)Nc4cccc(C(N)=O)c4)c3c2)cc1. The summed E-state index contributed by atoms with van der Waals surface area (Å²) in [6.07, 6.45) is 0. The van der Waals surface area contributed by atoms with Gasteiger partial charge in [0.05, 0.1) is 10.9 Å². The molecular weight excluding hydrogens is 448 g/mol. The smallest absolute Gasteiger partial charge is 0.290 e. The van der Waals surface area contributed by atoms with Crippen LogP contribution in [-0.2, 0) is 7.05 Å². The van der Waals surface area contributed by atoms with Crippen molar-refractivity contribution in [3.8, 4) is 22.3 Å². The van der Waals surface area contributed by atoms with E-state index in [1.165, 1.54) is 10.8 Å². The van der Waals surface area contributed by atoms with Crippen LogP contribution in [0.3, 0.4) is 0 Å². The average molecular weight is 468 g/mol. The second kappa shape index (κ2) is 8.45. The Bertz CT molecular complexity index is 1660. The number of carbonyl (C=O) groups is 2. The predicted molar refractivity (Wildman–Crippen MR) is 130 cm³/mol. The first kappa shape index (κ1) is 21.9. The Morgan fingerprint density at radius 2 is 1.69 bits per heavy atom. The summed E-state index contributed by atoms with van der Waals surface area (Å²) >= 11 is 0. The second-order valence-electron chi connectivity index (χ2n) is 8.04. The zero-order valence-corrected chi connectivity index (χ0v) is 18.9. The number of rotatable bonds is 5. The van der Waals surface area contributed by atoms with Gasteiger partial charge < -0.3 is 20.1 Å². The minimum Gasteiger partial charge on any atom is -0.381 e. The predicted octanol–water partition coefficient (Wildman–Crippen LogP) is 4.11. The zero-order valence-electron chi connectivity index (χ0n) is 18.9. The number of benzene rings is 3. The van der Waals surface area contributed by atoms with Crippen LogP contribution in [0, 0.1) is 6.92 Å². The van der Waals surface area contributed by atoms with Gasteiger partial charge in [-0.1, -0.05) is 41.6 Å². The van der Waals surface area contributed by atoms with Crippen LogP contribution in [0.5, 0.6) is 0 Å². The van der Waals surface area contributed by atoms with Crippen LogP contribution in [0.4, 0.5) is 5.69 Å². The number of hydrogen-bond acceptors (Lipinski definition) is 6. The van der Waals surface area contributed by atoms with Gasteiger partial charge in [-0.3, -0.25) is 14.4 Å². The van der Waals surface area contributed by atoms with Crippen LogP contribution in [0.15, 0.2) is 80.6 Å². The van der Waals surface area contributed by atoms with Crippen LogP contribution in [-0.4, -0.2) is 21.7 Å². The Balaban J connectivity index is 1.45. The molecule has 5 aromatic rings. The molecule has 174 valence electrons. The lowest BCUT2D eigenvalue weighted by molar-refractivity contribution is 0.0995. The van der Waals surface area contributed by atoms with Gasteiger partial charge in [0.2, 0.25) is 5.91 Å². The third-order valence-corrected chi connectivity index (χ3v) is 5.72. The zero-order chi connectivity index (χ0) is 24.7. The lowest BCUT2D eigenvalue weighted by Gasteiger charge is -2.06. The minimum absolute atomic E-state index is 0.112. The number of nitrogens with two attached hydrogens (primary N) is 1. The molecule has 2 aromatic heterocycles. The highest BCUT2D eigenvalue weighted by atomic mass is 16.5. The molecule has 0 saturated carbocycles. The van der Waals surface area contributed by atoms with Gasteiger partial charge in [-0.25, -0.2) is 0 Å². The van der Waals surface area contributed by atoms with Gasteiger partial charge in [0.25, 0.3) is 11.5 Å². The number of nitrogens with one attached hydrogen (secondary N) is 1. The summed E-state index contributed by atoms with van der Waals surface area (Å²) in [5.74, 6) is -0.524. The molecule has 0 unspecified atom stereocenters. The monoisotopic (exact) mass is 468 g/mol. The number of amides is 2. The Hall–Kier alpha value is -4.92. The average Bonchev–Trinajstić information content (AvgIpc) is 3.38. The quantitative estimate of drug-likeness (QED) is 0.399. The molecule has 0 aliphatic rings. The first-order chi connectivity index (χ1) is 16.8. The second-order valence-corrected chi connectivity index (χ2v) is 8.04. The maximum absolute atomic E-state index is 12.9. The highest BCUT2D eigenvalue weighted by molar-refractivity contribution is 6.11. The van der Waals surface area contributed by atoms with E-state index in [1.54, 1.807) is 38.2 Å². The Kier molecular flexibility index (Phi) is 5.29. The summed E-state index contributed by atoms with van der Waals surface area (Å²) in [6.45, 7) is 1.75. The summed E-state index contributed by atoms with van der Waals surface area (Å²) in [4.78, 5) is 36.6. The van der Waals surface area contributed by atoms with E-state index in [1.807, 2.05) is 36.4 Å². The van der Waals surface area contributed by atoms with E-state index in [0.717, 1.165) is 16.7 Å². The van der Waals surface area contributed by atoms with Gasteiger partial charge in [-0.2, -0.15) is 4.74 Å². The van der Waals surface area contributed by atoms with Crippen molar-refractivity contribution < 1.29 is 18.6 Å². The number of aromatic nitrogens is 2. The summed E-state index contributed by atoms with van der Waals surface area (Å²) in [5.41, 5.74) is 9.38. The number of aryl methyl sites for hydroxylation is 2. The molecule has 0 bridgehead atoms. The molecule has 0 radical (unpaired) electrons. The van der Waals surface area contributed by atoms with Crippen LogP contribution in [0.25, 0.3) is 33.2 Å². The van der Waals surface area contributed by atoms with Crippen LogP contribution < -0.4 is 16.6 Å². The third-order valence-electron chi connectivity index (χ3n) is 5.72. The van der Waals surface area contributed by atoms with E-state index in [0.29, 0.717) is 28.0 Å². The summed E-state index contributed by atoms with van der Waals surface area (Å²) in [7, 11) is 1.57. The van der Waals surface area contributed by atoms with Gasteiger partial charge in [0.15, 0.2) is 11.3 Å². The van der Waals surface area contributed by atoms with Gasteiger partial charge in [-0.15, -0.1) is 0 Å². The lowest BCUT2D eigenvalue weighted by atomic mass is 9.99. The van der Waals surface area contributed by atoms with E-state index in [9.17, 15) is 14.4 Å². The molecule has 2 amide bonds. The van der Waals surface area contributed by atoms with E-state index in [-0.39, 0.29) is 16.8 Å². The Morgan fingerprint density at radius 3 is 2.37 bits per heavy atom. The van der Waals surface area contributed by atoms with Crippen molar-refractivity contribution in [2.75, 3.05) is 5.32 Å². The van der Waals surface area contributed by atoms with Crippen molar-refractivity contribution >= 4 is 28.5 Å². The molecule has 35 heavy (non-hydrogen) atoms. The van der Waals surface area contributed by atoms with Gasteiger partial charge in [0, 0.05) is 18.3 Å². The highest BCUT2D eigenvalue weighted by Gasteiger charge is 2.18. The van der Waals surface area contributed by atoms with E-state index < -0.39 is 11.8 Å². The van der Waals surface area contributed by atoms with E-state index in [2.05, 4.69) is 10.5 Å². The molecule has 3 aromatic carbocycles. The molecule has 9 nitrogen and oxygen atoms in total. The normalized spacial score (nSPS) is 11.0. The Labute approximate surface area is 198 Å². The summed E-state index contributed by atoms with van der Waals surface area (Å²) < 4.78 is 11.9. The first-order valence-corrected chi connectivity index (χ1v) is 10.7. The molecule has 0 saturated heterocycles. The number of anilines is 1. The maximum Gasteiger partial charge on any atom is 0.290 e. The van der Waals surface area contributed by atoms with Crippen molar-refractivity contribution in [2.45, 2.75) is 6.92 Å². The fraction of sp³-hybridized carbons (Fsp3) is 0.0769. The minimum atomic E-state index is -0.591. The maximum atomic E-state index is 12.9. The van der Waals surface area contributed by atoms with Crippen molar-refractivity contribution in [2.24, 2.45) is 12.8 Å². The fourth-order valence-corrected chi connectivity index (χ4v) is 3.98.